The molecule has 0 atom stereocenters. The van der Waals surface area contributed by atoms with Crippen LogP contribution in [0, 0.1) is 0 Å². The monoisotopic (exact) mass is 753 g/mol. The first-order valence-electron chi connectivity index (χ1n) is 20.0. The van der Waals surface area contributed by atoms with E-state index in [1.165, 1.54) is 104 Å². The maximum absolute atomic E-state index is 5.01. The van der Waals surface area contributed by atoms with Crippen LogP contribution in [-0.4, -0.2) is 14.1 Å². The van der Waals surface area contributed by atoms with Crippen LogP contribution in [0.25, 0.3) is 97.5 Å². The van der Waals surface area contributed by atoms with Crippen molar-refractivity contribution in [2.45, 2.75) is 5.41 Å². The number of aromatic nitrogens is 3. The summed E-state index contributed by atoms with van der Waals surface area (Å²) in [6.07, 6.45) is 1.93. The Labute approximate surface area is 337 Å². The molecule has 8 aromatic carbocycles. The summed E-state index contributed by atoms with van der Waals surface area (Å²) in [5.74, 6) is 0. The first-order chi connectivity index (χ1) is 28.8. The summed E-state index contributed by atoms with van der Waals surface area (Å²) in [5, 5.41) is 7.51. The van der Waals surface area contributed by atoms with E-state index < -0.39 is 5.41 Å². The molecular weight excluding hydrogens is 723 g/mol. The maximum atomic E-state index is 5.01. The second-order valence-electron chi connectivity index (χ2n) is 15.8. The highest BCUT2D eigenvalue weighted by Gasteiger charge is 2.51. The zero-order valence-electron chi connectivity index (χ0n) is 31.1. The highest BCUT2D eigenvalue weighted by Crippen LogP contribution is 2.63. The van der Waals surface area contributed by atoms with Gasteiger partial charge in [-0.3, -0.25) is 0 Å². The molecule has 2 aliphatic rings. The molecule has 0 aliphatic heterocycles. The molecule has 0 radical (unpaired) electrons. The van der Waals surface area contributed by atoms with Crippen LogP contribution < -0.4 is 0 Å². The van der Waals surface area contributed by atoms with Crippen LogP contribution in [0.4, 0.5) is 0 Å². The van der Waals surface area contributed by atoms with Crippen molar-refractivity contribution in [2.24, 2.45) is 0 Å². The Bertz CT molecular complexity index is 3690. The first-order valence-corrected chi connectivity index (χ1v) is 20.8. The van der Waals surface area contributed by atoms with Gasteiger partial charge in [0.05, 0.1) is 32.2 Å². The lowest BCUT2D eigenvalue weighted by Crippen LogP contribution is -2.26. The third-order valence-corrected chi connectivity index (χ3v) is 14.3. The van der Waals surface area contributed by atoms with Crippen molar-refractivity contribution in [3.8, 4) is 33.6 Å². The summed E-state index contributed by atoms with van der Waals surface area (Å²) in [4.78, 5) is 6.06. The average molecular weight is 754 g/mol. The summed E-state index contributed by atoms with van der Waals surface area (Å²) in [6, 6.07) is 67.7. The molecule has 0 saturated carbocycles. The lowest BCUT2D eigenvalue weighted by atomic mass is 9.70. The highest BCUT2D eigenvalue weighted by atomic mass is 32.1. The van der Waals surface area contributed by atoms with Crippen molar-refractivity contribution >= 4 is 75.3 Å². The molecule has 14 rings (SSSR count). The summed E-state index contributed by atoms with van der Waals surface area (Å²) < 4.78 is 6.31. The van der Waals surface area contributed by atoms with Crippen LogP contribution in [0.2, 0.25) is 0 Å². The predicted molar refractivity (Wildman–Crippen MR) is 242 cm³/mol. The van der Waals surface area contributed by atoms with E-state index >= 15 is 0 Å². The molecule has 0 unspecified atom stereocenters. The van der Waals surface area contributed by atoms with Gasteiger partial charge < -0.3 is 9.13 Å². The van der Waals surface area contributed by atoms with Crippen LogP contribution in [0.1, 0.15) is 22.3 Å². The van der Waals surface area contributed by atoms with Gasteiger partial charge in [-0.2, -0.15) is 0 Å². The van der Waals surface area contributed by atoms with Gasteiger partial charge in [0.2, 0.25) is 0 Å². The molecule has 4 aromatic heterocycles. The van der Waals surface area contributed by atoms with Crippen molar-refractivity contribution < 1.29 is 0 Å². The summed E-state index contributed by atoms with van der Waals surface area (Å²) in [6.45, 7) is 0. The molecule has 0 N–H and O–H groups in total. The van der Waals surface area contributed by atoms with Crippen molar-refractivity contribution in [1.29, 1.82) is 0 Å². The molecule has 268 valence electrons. The Kier molecular flexibility index (Phi) is 5.85. The number of pyridine rings is 1. The Morgan fingerprint density at radius 1 is 0.397 bits per heavy atom. The number of hydrogen-bond donors (Lipinski definition) is 0. The molecule has 0 fully saturated rings. The van der Waals surface area contributed by atoms with Crippen LogP contribution >= 0.6 is 11.3 Å². The zero-order chi connectivity index (χ0) is 37.7. The number of fused-ring (bicyclic) bond motifs is 22. The number of para-hydroxylation sites is 3. The third-order valence-electron chi connectivity index (χ3n) is 13.2. The van der Waals surface area contributed by atoms with Gasteiger partial charge in [-0.15, -0.1) is 11.3 Å². The number of hydrogen-bond acceptors (Lipinski definition) is 2. The fraction of sp³-hybridized carbons (Fsp3) is 0.0185. The minimum atomic E-state index is -0.429. The fourth-order valence-corrected chi connectivity index (χ4v) is 12.3. The minimum Gasteiger partial charge on any atom is -0.309 e. The second-order valence-corrected chi connectivity index (χ2v) is 16.8. The van der Waals surface area contributed by atoms with E-state index in [-0.39, 0.29) is 0 Å². The Morgan fingerprint density at radius 2 is 0.914 bits per heavy atom. The lowest BCUT2D eigenvalue weighted by molar-refractivity contribution is 0.792. The Morgan fingerprint density at radius 3 is 1.57 bits per heavy atom. The molecule has 12 aromatic rings. The Balaban J connectivity index is 1.19. The SMILES string of the molecule is c1ccc(-n2c3ccccc3c3c4c5ccccc5n(-c5ccc6c(c5)C5(c7ccccc7-c7ccccc75)c5ccccc5-6)c4c4sc5ncccc5c4c32)cc1. The summed E-state index contributed by atoms with van der Waals surface area (Å²) >= 11 is 1.81. The summed E-state index contributed by atoms with van der Waals surface area (Å²) in [7, 11) is 0. The van der Waals surface area contributed by atoms with Crippen molar-refractivity contribution in [3.05, 3.63) is 210 Å². The maximum Gasteiger partial charge on any atom is 0.124 e. The Hall–Kier alpha value is -7.27. The van der Waals surface area contributed by atoms with Crippen LogP contribution in [0.3, 0.4) is 0 Å². The summed E-state index contributed by atoms with van der Waals surface area (Å²) in [5.41, 5.74) is 17.4. The van der Waals surface area contributed by atoms with E-state index in [4.69, 9.17) is 4.98 Å². The van der Waals surface area contributed by atoms with Crippen LogP contribution in [-0.2, 0) is 5.41 Å². The van der Waals surface area contributed by atoms with E-state index in [1.54, 1.807) is 0 Å². The van der Waals surface area contributed by atoms with E-state index in [2.05, 4.69) is 191 Å². The minimum absolute atomic E-state index is 0.429. The number of benzene rings is 8. The molecule has 0 amide bonds. The van der Waals surface area contributed by atoms with Gasteiger partial charge in [0, 0.05) is 49.9 Å². The first kappa shape index (κ1) is 30.9. The van der Waals surface area contributed by atoms with Crippen molar-refractivity contribution in [3.63, 3.8) is 0 Å². The second kappa shape index (κ2) is 11.0. The van der Waals surface area contributed by atoms with E-state index in [0.29, 0.717) is 0 Å². The van der Waals surface area contributed by atoms with E-state index in [0.717, 1.165) is 16.2 Å². The van der Waals surface area contributed by atoms with E-state index in [1.807, 2.05) is 17.5 Å². The fourth-order valence-electron chi connectivity index (χ4n) is 11.1. The largest absolute Gasteiger partial charge is 0.309 e. The molecule has 3 nitrogen and oxygen atoms in total. The van der Waals surface area contributed by atoms with Crippen molar-refractivity contribution in [1.82, 2.24) is 14.1 Å². The van der Waals surface area contributed by atoms with Gasteiger partial charge in [-0.25, -0.2) is 4.98 Å². The van der Waals surface area contributed by atoms with Crippen molar-refractivity contribution in [2.75, 3.05) is 0 Å². The van der Waals surface area contributed by atoms with Gasteiger partial charge in [0.15, 0.2) is 0 Å². The normalized spacial score (nSPS) is 13.7. The molecule has 4 heteroatoms. The molecule has 2 aliphatic carbocycles. The van der Waals surface area contributed by atoms with Gasteiger partial charge in [-0.05, 0) is 93.0 Å². The highest BCUT2D eigenvalue weighted by molar-refractivity contribution is 7.26. The van der Waals surface area contributed by atoms with Crippen LogP contribution in [0.15, 0.2) is 188 Å². The lowest BCUT2D eigenvalue weighted by Gasteiger charge is -2.30. The standard InChI is InChI=1S/C54H31N3S/c1-2-15-32(16-3-1)56-45-26-12-7-20-38(45)47-48-39-21-8-13-27-46(39)57(51(48)52-49(50(47)56)40-22-14-30-55-53(40)58-52)33-28-29-37-36-19-6-11-25-43(36)54(44(37)31-33)41-23-9-4-17-34(41)35-18-5-10-24-42(35)54/h1-31H. The zero-order valence-corrected chi connectivity index (χ0v) is 32.0. The quantitative estimate of drug-likeness (QED) is 0.172. The third kappa shape index (κ3) is 3.59. The van der Waals surface area contributed by atoms with E-state index in [9.17, 15) is 0 Å². The number of nitrogens with zero attached hydrogens (tertiary/aromatic N) is 3. The van der Waals surface area contributed by atoms with Gasteiger partial charge in [0.25, 0.3) is 0 Å². The number of thiophene rings is 1. The molecular formula is C54H31N3S. The van der Waals surface area contributed by atoms with Gasteiger partial charge >= 0.3 is 0 Å². The molecule has 1 spiro atoms. The van der Waals surface area contributed by atoms with Crippen LogP contribution in [0.5, 0.6) is 0 Å². The molecule has 58 heavy (non-hydrogen) atoms. The van der Waals surface area contributed by atoms with Gasteiger partial charge in [-0.1, -0.05) is 133 Å². The average Bonchev–Trinajstić information content (AvgIpc) is 4.07. The predicted octanol–water partition coefficient (Wildman–Crippen LogP) is 14.0. The smallest absolute Gasteiger partial charge is 0.124 e. The number of rotatable bonds is 2. The van der Waals surface area contributed by atoms with Gasteiger partial charge in [0.1, 0.15) is 4.83 Å². The topological polar surface area (TPSA) is 22.8 Å². The molecule has 0 saturated heterocycles. The molecule has 4 heterocycles. The molecule has 0 bridgehead atoms.